The van der Waals surface area contributed by atoms with Crippen LogP contribution < -0.4 is 5.32 Å². The van der Waals surface area contributed by atoms with Crippen molar-refractivity contribution >= 4 is 17.5 Å². The van der Waals surface area contributed by atoms with Crippen molar-refractivity contribution in [3.8, 4) is 0 Å². The highest BCUT2D eigenvalue weighted by atomic mass is 19.1. The van der Waals surface area contributed by atoms with E-state index in [-0.39, 0.29) is 17.5 Å². The first-order chi connectivity index (χ1) is 15.5. The second-order valence-corrected chi connectivity index (χ2v) is 8.68. The van der Waals surface area contributed by atoms with Gasteiger partial charge in [-0.2, -0.15) is 0 Å². The van der Waals surface area contributed by atoms with Gasteiger partial charge in [0, 0.05) is 25.2 Å². The second-order valence-electron chi connectivity index (χ2n) is 8.68. The van der Waals surface area contributed by atoms with E-state index in [1.807, 2.05) is 4.90 Å². The summed E-state index contributed by atoms with van der Waals surface area (Å²) in [7, 11) is 0. The summed E-state index contributed by atoms with van der Waals surface area (Å²) in [5.41, 5.74) is 0.970. The number of rotatable bonds is 5. The third kappa shape index (κ3) is 5.30. The number of aryl methyl sites for hydroxylation is 1. The van der Waals surface area contributed by atoms with Crippen molar-refractivity contribution in [1.82, 2.24) is 19.8 Å². The number of anilines is 1. The zero-order valence-corrected chi connectivity index (χ0v) is 18.5. The molecule has 1 atom stereocenters. The molecule has 8 heteroatoms. The van der Waals surface area contributed by atoms with Crippen molar-refractivity contribution in [1.29, 1.82) is 0 Å². The van der Waals surface area contributed by atoms with E-state index >= 15 is 0 Å². The van der Waals surface area contributed by atoms with Crippen LogP contribution in [0, 0.1) is 12.7 Å². The third-order valence-electron chi connectivity index (χ3n) is 6.33. The van der Waals surface area contributed by atoms with Crippen LogP contribution in [0.15, 0.2) is 30.5 Å². The summed E-state index contributed by atoms with van der Waals surface area (Å²) in [4.78, 5) is 38.5. The molecule has 2 aliphatic rings. The summed E-state index contributed by atoms with van der Waals surface area (Å²) in [6.45, 7) is 5.55. The molecule has 1 aromatic heterocycles. The van der Waals surface area contributed by atoms with Gasteiger partial charge in [-0.25, -0.2) is 14.4 Å². The molecule has 2 aliphatic heterocycles. The van der Waals surface area contributed by atoms with E-state index in [0.29, 0.717) is 36.7 Å². The average Bonchev–Trinajstić information content (AvgIpc) is 3.14. The molecule has 0 aliphatic carbocycles. The first kappa shape index (κ1) is 22.3. The Morgan fingerprint density at radius 3 is 2.59 bits per heavy atom. The van der Waals surface area contributed by atoms with Crippen molar-refractivity contribution < 1.29 is 14.0 Å². The van der Waals surface area contributed by atoms with Crippen LogP contribution in [0.4, 0.5) is 10.1 Å². The Labute approximate surface area is 188 Å². The summed E-state index contributed by atoms with van der Waals surface area (Å²) in [5.74, 6) is -0.0563. The van der Waals surface area contributed by atoms with Gasteiger partial charge >= 0.3 is 0 Å². The molecule has 2 saturated heterocycles. The molecule has 0 saturated carbocycles. The molecular formula is C24H30FN5O2. The highest BCUT2D eigenvalue weighted by molar-refractivity contribution is 6.04. The minimum atomic E-state index is -0.494. The Bertz CT molecular complexity index is 975. The highest BCUT2D eigenvalue weighted by Gasteiger charge is 2.30. The Kier molecular flexibility index (Phi) is 7.09. The van der Waals surface area contributed by atoms with Crippen LogP contribution in [0.5, 0.6) is 0 Å². The van der Waals surface area contributed by atoms with E-state index in [0.717, 1.165) is 19.5 Å². The van der Waals surface area contributed by atoms with Gasteiger partial charge < -0.3 is 10.2 Å². The van der Waals surface area contributed by atoms with Crippen molar-refractivity contribution in [3.05, 3.63) is 53.4 Å². The summed E-state index contributed by atoms with van der Waals surface area (Å²) in [5, 5.41) is 2.57. The van der Waals surface area contributed by atoms with E-state index in [2.05, 4.69) is 20.2 Å². The largest absolute Gasteiger partial charge is 0.341 e. The number of benzene rings is 1. The molecule has 2 amide bonds. The fourth-order valence-electron chi connectivity index (χ4n) is 4.44. The zero-order valence-electron chi connectivity index (χ0n) is 18.5. The number of hydrogen-bond donors (Lipinski definition) is 1. The van der Waals surface area contributed by atoms with Gasteiger partial charge in [-0.15, -0.1) is 0 Å². The topological polar surface area (TPSA) is 78.4 Å². The Hall–Kier alpha value is -2.87. The van der Waals surface area contributed by atoms with Crippen molar-refractivity contribution in [3.63, 3.8) is 0 Å². The molecule has 3 heterocycles. The monoisotopic (exact) mass is 439 g/mol. The van der Waals surface area contributed by atoms with Crippen LogP contribution in [0.25, 0.3) is 0 Å². The first-order valence-corrected chi connectivity index (χ1v) is 11.4. The van der Waals surface area contributed by atoms with Gasteiger partial charge in [0.15, 0.2) is 0 Å². The van der Waals surface area contributed by atoms with Crippen molar-refractivity contribution in [2.75, 3.05) is 38.0 Å². The molecule has 0 unspecified atom stereocenters. The summed E-state index contributed by atoms with van der Waals surface area (Å²) < 4.78 is 13.8. The number of nitrogens with zero attached hydrogens (tertiary/aromatic N) is 4. The summed E-state index contributed by atoms with van der Waals surface area (Å²) in [6.07, 6.45) is 7.14. The smallest absolute Gasteiger partial charge is 0.259 e. The van der Waals surface area contributed by atoms with Crippen LogP contribution in [0.2, 0.25) is 0 Å². The molecule has 32 heavy (non-hydrogen) atoms. The van der Waals surface area contributed by atoms with Gasteiger partial charge in [0.2, 0.25) is 5.91 Å². The van der Waals surface area contributed by atoms with E-state index in [9.17, 15) is 14.0 Å². The molecule has 1 aromatic carbocycles. The number of amides is 2. The molecular weight excluding hydrogens is 409 g/mol. The van der Waals surface area contributed by atoms with Crippen LogP contribution in [0.1, 0.15) is 59.9 Å². The predicted molar refractivity (Wildman–Crippen MR) is 120 cm³/mol. The maximum atomic E-state index is 13.8. The molecule has 4 rings (SSSR count). The maximum Gasteiger partial charge on any atom is 0.259 e. The molecule has 0 bridgehead atoms. The Balaban J connectivity index is 1.36. The van der Waals surface area contributed by atoms with Crippen LogP contribution in [0.3, 0.4) is 0 Å². The standard InChI is InChI=1S/C24H30FN5O2/c1-17-19(24(32)28-21-9-5-4-8-20(21)25)14-26-23(27-17)18-10-13-30(15-18)22(31)16-29-11-6-2-3-7-12-29/h4-5,8-9,14,18H,2-3,6-7,10-13,15-16H2,1H3,(H,28,32)/t18-/m0/s1. The normalized spacial score (nSPS) is 19.6. The van der Waals surface area contributed by atoms with Crippen LogP contribution in [-0.4, -0.2) is 64.3 Å². The van der Waals surface area contributed by atoms with Gasteiger partial charge in [0.05, 0.1) is 23.5 Å². The van der Waals surface area contributed by atoms with Gasteiger partial charge in [-0.1, -0.05) is 25.0 Å². The fourth-order valence-corrected chi connectivity index (χ4v) is 4.44. The number of nitrogens with one attached hydrogen (secondary N) is 1. The lowest BCUT2D eigenvalue weighted by Crippen LogP contribution is -2.39. The number of para-hydroxylation sites is 1. The maximum absolute atomic E-state index is 13.8. The minimum Gasteiger partial charge on any atom is -0.341 e. The number of carbonyl (C=O) groups is 2. The average molecular weight is 440 g/mol. The fraction of sp³-hybridized carbons (Fsp3) is 0.500. The lowest BCUT2D eigenvalue weighted by atomic mass is 10.1. The predicted octanol–water partition coefficient (Wildman–Crippen LogP) is 3.37. The van der Waals surface area contributed by atoms with E-state index in [1.54, 1.807) is 19.1 Å². The number of halogens is 1. The van der Waals surface area contributed by atoms with Gasteiger partial charge in [-0.3, -0.25) is 14.5 Å². The van der Waals surface area contributed by atoms with E-state index in [4.69, 9.17) is 0 Å². The second kappa shape index (κ2) is 10.2. The first-order valence-electron chi connectivity index (χ1n) is 11.4. The van der Waals surface area contributed by atoms with E-state index in [1.165, 1.54) is 44.0 Å². The zero-order chi connectivity index (χ0) is 22.5. The summed E-state index contributed by atoms with van der Waals surface area (Å²) >= 11 is 0. The van der Waals surface area contributed by atoms with Crippen LogP contribution in [-0.2, 0) is 4.79 Å². The molecule has 2 fully saturated rings. The number of carbonyl (C=O) groups excluding carboxylic acids is 2. The molecule has 1 N–H and O–H groups in total. The van der Waals surface area contributed by atoms with Crippen molar-refractivity contribution in [2.45, 2.75) is 44.9 Å². The summed E-state index contributed by atoms with van der Waals surface area (Å²) in [6, 6.07) is 6.03. The minimum absolute atomic E-state index is 0.0606. The number of hydrogen-bond acceptors (Lipinski definition) is 5. The SMILES string of the molecule is Cc1nc([C@H]2CCN(C(=O)CN3CCCCCC3)C2)ncc1C(=O)Nc1ccccc1F. The van der Waals surface area contributed by atoms with E-state index < -0.39 is 11.7 Å². The lowest BCUT2D eigenvalue weighted by molar-refractivity contribution is -0.131. The van der Waals surface area contributed by atoms with Gasteiger partial charge in [0.1, 0.15) is 11.6 Å². The quantitative estimate of drug-likeness (QED) is 0.773. The Morgan fingerprint density at radius 2 is 1.88 bits per heavy atom. The Morgan fingerprint density at radius 1 is 1.12 bits per heavy atom. The van der Waals surface area contributed by atoms with Crippen molar-refractivity contribution in [2.24, 2.45) is 0 Å². The van der Waals surface area contributed by atoms with Gasteiger partial charge in [0.25, 0.3) is 5.91 Å². The molecule has 7 nitrogen and oxygen atoms in total. The third-order valence-corrected chi connectivity index (χ3v) is 6.33. The number of aromatic nitrogens is 2. The molecule has 170 valence electrons. The van der Waals surface area contributed by atoms with Crippen LogP contribution >= 0.6 is 0 Å². The molecule has 2 aromatic rings. The highest BCUT2D eigenvalue weighted by Crippen LogP contribution is 2.26. The molecule has 0 spiro atoms. The van der Waals surface area contributed by atoms with Gasteiger partial charge in [-0.05, 0) is 51.4 Å². The molecule has 0 radical (unpaired) electrons. The lowest BCUT2D eigenvalue weighted by Gasteiger charge is -2.23. The number of likely N-dealkylation sites (tertiary alicyclic amines) is 2.